The zero-order chi connectivity index (χ0) is 23.0. The van der Waals surface area contributed by atoms with Crippen LogP contribution in [0.2, 0.25) is 20.1 Å². The molecule has 0 aliphatic carbocycles. The Bertz CT molecular complexity index is 1290. The number of amides is 2. The van der Waals surface area contributed by atoms with Crippen molar-refractivity contribution in [2.45, 2.75) is 12.3 Å². The maximum atomic E-state index is 12.9. The Morgan fingerprint density at radius 3 is 2.41 bits per heavy atom. The van der Waals surface area contributed by atoms with Crippen LogP contribution in [-0.4, -0.2) is 21.8 Å². The SMILES string of the molecule is O=C1C[C@H](C(=O)Nc2cc(Cl)cc(Cl)c2)c2c(nc(Nc3ccc(Cl)cc3Cl)[nH]c2=O)N1. The number of aromatic amines is 1. The molecule has 1 atom stereocenters. The molecule has 0 bridgehead atoms. The summed E-state index contributed by atoms with van der Waals surface area (Å²) in [6, 6.07) is 9.25. The predicted molar refractivity (Wildman–Crippen MR) is 126 cm³/mol. The van der Waals surface area contributed by atoms with Gasteiger partial charge in [-0.2, -0.15) is 4.98 Å². The van der Waals surface area contributed by atoms with Crippen molar-refractivity contribution in [2.75, 3.05) is 16.0 Å². The molecule has 0 fully saturated rings. The number of nitrogens with zero attached hydrogens (tertiary/aromatic N) is 1. The second kappa shape index (κ2) is 8.99. The maximum Gasteiger partial charge on any atom is 0.258 e. The number of halogens is 4. The van der Waals surface area contributed by atoms with Crippen LogP contribution >= 0.6 is 46.4 Å². The van der Waals surface area contributed by atoms with Gasteiger partial charge < -0.3 is 16.0 Å². The zero-order valence-corrected chi connectivity index (χ0v) is 19.0. The van der Waals surface area contributed by atoms with E-state index in [1.54, 1.807) is 12.1 Å². The molecule has 32 heavy (non-hydrogen) atoms. The van der Waals surface area contributed by atoms with Crippen LogP contribution in [0.5, 0.6) is 0 Å². The van der Waals surface area contributed by atoms with E-state index in [1.165, 1.54) is 24.3 Å². The van der Waals surface area contributed by atoms with Crippen molar-refractivity contribution in [3.8, 4) is 0 Å². The number of hydrogen-bond acceptors (Lipinski definition) is 5. The Morgan fingerprint density at radius 1 is 1.00 bits per heavy atom. The van der Waals surface area contributed by atoms with E-state index in [0.717, 1.165) is 0 Å². The number of rotatable bonds is 4. The van der Waals surface area contributed by atoms with Gasteiger partial charge in [0.1, 0.15) is 5.82 Å². The van der Waals surface area contributed by atoms with Crippen LogP contribution < -0.4 is 21.5 Å². The molecular weight excluding hydrogens is 500 g/mol. The minimum absolute atomic E-state index is 0.0261. The summed E-state index contributed by atoms with van der Waals surface area (Å²) in [7, 11) is 0. The van der Waals surface area contributed by atoms with Crippen molar-refractivity contribution in [1.29, 1.82) is 0 Å². The van der Waals surface area contributed by atoms with Gasteiger partial charge in [0.2, 0.25) is 17.8 Å². The van der Waals surface area contributed by atoms with Gasteiger partial charge >= 0.3 is 0 Å². The molecular formula is C20H13Cl4N5O3. The van der Waals surface area contributed by atoms with E-state index in [4.69, 9.17) is 46.4 Å². The molecule has 1 aliphatic rings. The molecule has 4 N–H and O–H groups in total. The third-order valence-electron chi connectivity index (χ3n) is 4.58. The fourth-order valence-electron chi connectivity index (χ4n) is 3.23. The van der Waals surface area contributed by atoms with E-state index < -0.39 is 23.3 Å². The quantitative estimate of drug-likeness (QED) is 0.383. The number of hydrogen-bond donors (Lipinski definition) is 4. The van der Waals surface area contributed by atoms with E-state index in [2.05, 4.69) is 25.9 Å². The van der Waals surface area contributed by atoms with E-state index in [-0.39, 0.29) is 23.8 Å². The summed E-state index contributed by atoms with van der Waals surface area (Å²) in [5, 5.41) is 9.42. The summed E-state index contributed by atoms with van der Waals surface area (Å²) in [5.41, 5.74) is 0.211. The monoisotopic (exact) mass is 511 g/mol. The van der Waals surface area contributed by atoms with Gasteiger partial charge in [0, 0.05) is 27.2 Å². The Morgan fingerprint density at radius 2 is 1.72 bits per heavy atom. The fourth-order valence-corrected chi connectivity index (χ4v) is 4.21. The van der Waals surface area contributed by atoms with E-state index >= 15 is 0 Å². The van der Waals surface area contributed by atoms with Crippen LogP contribution in [0.15, 0.2) is 41.2 Å². The first-order chi connectivity index (χ1) is 15.2. The number of anilines is 4. The number of benzene rings is 2. The molecule has 2 heterocycles. The standard InChI is InChI=1S/C20H13Cl4N5O3/c21-8-1-2-14(13(24)6-8)26-20-28-17-16(19(32)29-20)12(7-15(30)27-17)18(31)25-11-4-9(22)3-10(23)5-11/h1-6,12H,7H2,(H,25,31)(H3,26,27,28,29,30,32)/t12-/m0/s1. The van der Waals surface area contributed by atoms with Crippen LogP contribution in [0.1, 0.15) is 17.9 Å². The smallest absolute Gasteiger partial charge is 0.258 e. The summed E-state index contributed by atoms with van der Waals surface area (Å²) in [6.07, 6.45) is -0.228. The summed E-state index contributed by atoms with van der Waals surface area (Å²) in [4.78, 5) is 44.8. The average Bonchev–Trinajstić information content (AvgIpc) is 2.68. The van der Waals surface area contributed by atoms with Crippen LogP contribution in [0, 0.1) is 0 Å². The van der Waals surface area contributed by atoms with Crippen molar-refractivity contribution in [3.63, 3.8) is 0 Å². The molecule has 12 heteroatoms. The molecule has 4 rings (SSSR count). The lowest BCUT2D eigenvalue weighted by Gasteiger charge is -2.23. The lowest BCUT2D eigenvalue weighted by Crippen LogP contribution is -2.36. The molecule has 8 nitrogen and oxygen atoms in total. The number of carbonyl (C=O) groups excluding carboxylic acids is 2. The van der Waals surface area contributed by atoms with Crippen LogP contribution in [0.3, 0.4) is 0 Å². The van der Waals surface area contributed by atoms with Gasteiger partial charge in [-0.05, 0) is 36.4 Å². The van der Waals surface area contributed by atoms with Gasteiger partial charge in [-0.1, -0.05) is 46.4 Å². The predicted octanol–water partition coefficient (Wildman–Crippen LogP) is 5.19. The molecule has 164 valence electrons. The van der Waals surface area contributed by atoms with Crippen molar-refractivity contribution in [2.24, 2.45) is 0 Å². The molecule has 0 spiro atoms. The lowest BCUT2D eigenvalue weighted by molar-refractivity contribution is -0.123. The van der Waals surface area contributed by atoms with Crippen LogP contribution in [0.4, 0.5) is 23.1 Å². The number of fused-ring (bicyclic) bond motifs is 1. The zero-order valence-electron chi connectivity index (χ0n) is 15.9. The first-order valence-corrected chi connectivity index (χ1v) is 10.6. The number of H-pyrrole nitrogens is 1. The molecule has 1 aromatic heterocycles. The largest absolute Gasteiger partial charge is 0.325 e. The average molecular weight is 513 g/mol. The highest BCUT2D eigenvalue weighted by molar-refractivity contribution is 6.36. The maximum absolute atomic E-state index is 12.9. The van der Waals surface area contributed by atoms with Gasteiger partial charge in [-0.25, -0.2) is 0 Å². The number of carbonyl (C=O) groups is 2. The normalized spacial score (nSPS) is 15.0. The highest BCUT2D eigenvalue weighted by Crippen LogP contribution is 2.32. The Balaban J connectivity index is 1.65. The van der Waals surface area contributed by atoms with Crippen LogP contribution in [0.25, 0.3) is 0 Å². The first kappa shape index (κ1) is 22.4. The molecule has 3 aromatic rings. The minimum Gasteiger partial charge on any atom is -0.325 e. The van der Waals surface area contributed by atoms with Gasteiger partial charge in [-0.3, -0.25) is 19.4 Å². The Labute approximate surface area is 201 Å². The minimum atomic E-state index is -1.07. The lowest BCUT2D eigenvalue weighted by atomic mass is 9.92. The van der Waals surface area contributed by atoms with Crippen molar-refractivity contribution in [3.05, 3.63) is 72.4 Å². The van der Waals surface area contributed by atoms with E-state index in [9.17, 15) is 14.4 Å². The van der Waals surface area contributed by atoms with Gasteiger partial charge in [0.25, 0.3) is 5.56 Å². The third kappa shape index (κ3) is 4.83. The van der Waals surface area contributed by atoms with Gasteiger partial charge in [0.15, 0.2) is 0 Å². The highest BCUT2D eigenvalue weighted by atomic mass is 35.5. The molecule has 2 aromatic carbocycles. The molecule has 0 saturated carbocycles. The topological polar surface area (TPSA) is 116 Å². The Kier molecular flexibility index (Phi) is 6.30. The summed E-state index contributed by atoms with van der Waals surface area (Å²) in [5.74, 6) is -2.10. The second-order valence-corrected chi connectivity index (χ2v) is 8.59. The fraction of sp³-hybridized carbons (Fsp3) is 0.100. The van der Waals surface area contributed by atoms with Gasteiger partial charge in [0.05, 0.1) is 22.2 Å². The van der Waals surface area contributed by atoms with E-state index in [1.807, 2.05) is 0 Å². The van der Waals surface area contributed by atoms with Crippen LogP contribution in [-0.2, 0) is 9.59 Å². The van der Waals surface area contributed by atoms with Crippen molar-refractivity contribution in [1.82, 2.24) is 9.97 Å². The van der Waals surface area contributed by atoms with Crippen molar-refractivity contribution < 1.29 is 9.59 Å². The molecule has 1 aliphatic heterocycles. The molecule has 0 saturated heterocycles. The molecule has 0 radical (unpaired) electrons. The molecule has 0 unspecified atom stereocenters. The highest BCUT2D eigenvalue weighted by Gasteiger charge is 2.35. The summed E-state index contributed by atoms with van der Waals surface area (Å²) < 4.78 is 0. The van der Waals surface area contributed by atoms with Crippen molar-refractivity contribution >= 4 is 81.4 Å². The second-order valence-electron chi connectivity index (χ2n) is 6.88. The summed E-state index contributed by atoms with van der Waals surface area (Å²) >= 11 is 24.0. The first-order valence-electron chi connectivity index (χ1n) is 9.12. The summed E-state index contributed by atoms with van der Waals surface area (Å²) in [6.45, 7) is 0. The number of aromatic nitrogens is 2. The molecule has 2 amide bonds. The Hall–Kier alpha value is -2.78. The van der Waals surface area contributed by atoms with Gasteiger partial charge in [-0.15, -0.1) is 0 Å². The van der Waals surface area contributed by atoms with E-state index in [0.29, 0.717) is 31.5 Å². The number of nitrogens with one attached hydrogen (secondary N) is 4. The third-order valence-corrected chi connectivity index (χ3v) is 5.57.